The third kappa shape index (κ3) is 7.07. The fraction of sp³-hybridized carbons (Fsp3) is 0.611. The zero-order valence-corrected chi connectivity index (χ0v) is 15.5. The van der Waals surface area contributed by atoms with E-state index in [4.69, 9.17) is 4.74 Å². The zero-order chi connectivity index (χ0) is 16.5. The molecule has 1 aromatic rings. The molecule has 0 spiro atoms. The highest BCUT2D eigenvalue weighted by Gasteiger charge is 2.17. The van der Waals surface area contributed by atoms with E-state index in [0.717, 1.165) is 63.6 Å². The number of nitrogens with one attached hydrogen (secondary N) is 1. The first-order valence-electron chi connectivity index (χ1n) is 8.68. The van der Waals surface area contributed by atoms with Crippen LogP contribution in [0.3, 0.4) is 0 Å². The Hall–Kier alpha value is -1.30. The van der Waals surface area contributed by atoms with Crippen LogP contribution in [0.25, 0.3) is 0 Å². The van der Waals surface area contributed by atoms with Crippen LogP contribution < -0.4 is 22.5 Å². The summed E-state index contributed by atoms with van der Waals surface area (Å²) >= 11 is 0. The van der Waals surface area contributed by atoms with Gasteiger partial charge in [-0.2, -0.15) is 0 Å². The average molecular weight is 355 g/mol. The molecule has 136 valence electrons. The summed E-state index contributed by atoms with van der Waals surface area (Å²) in [6, 6.07) is 7.61. The van der Waals surface area contributed by atoms with Crippen LogP contribution >= 0.6 is 0 Å². The first kappa shape index (κ1) is 20.7. The van der Waals surface area contributed by atoms with Crippen LogP contribution in [0.5, 0.6) is 5.75 Å². The lowest BCUT2D eigenvalue weighted by molar-refractivity contribution is -0.117. The molecule has 0 atom stereocenters. The minimum atomic E-state index is 0. The van der Waals surface area contributed by atoms with Crippen molar-refractivity contribution in [1.82, 2.24) is 9.80 Å². The molecule has 2 rings (SSSR count). The lowest BCUT2D eigenvalue weighted by Gasteiger charge is -2.33. The van der Waals surface area contributed by atoms with Crippen molar-refractivity contribution >= 4 is 11.6 Å². The summed E-state index contributed by atoms with van der Waals surface area (Å²) in [7, 11) is 0. The number of hydrogen-bond donors (Lipinski definition) is 1. The summed E-state index contributed by atoms with van der Waals surface area (Å²) in [5.74, 6) is 0.904. The Morgan fingerprint density at radius 1 is 1.08 bits per heavy atom. The molecular formula is C18H29ClN3O2-. The molecule has 1 fully saturated rings. The summed E-state index contributed by atoms with van der Waals surface area (Å²) < 4.78 is 5.62. The molecule has 1 heterocycles. The quantitative estimate of drug-likeness (QED) is 0.636. The van der Waals surface area contributed by atoms with E-state index >= 15 is 0 Å². The number of anilines is 1. The minimum Gasteiger partial charge on any atom is -1.00 e. The molecule has 0 aromatic heterocycles. The molecule has 0 bridgehead atoms. The largest absolute Gasteiger partial charge is 1.00 e. The normalized spacial score (nSPS) is 15.6. The van der Waals surface area contributed by atoms with Crippen LogP contribution in [-0.4, -0.2) is 61.6 Å². The smallest absolute Gasteiger partial charge is 0.238 e. The molecule has 24 heavy (non-hydrogen) atoms. The molecule has 1 N–H and O–H groups in total. The number of unbranched alkanes of at least 4 members (excludes halogenated alkanes) is 1. The van der Waals surface area contributed by atoms with Crippen molar-refractivity contribution in [1.29, 1.82) is 0 Å². The number of nitrogens with zero attached hydrogens (tertiary/aromatic N) is 2. The first-order valence-corrected chi connectivity index (χ1v) is 8.68. The summed E-state index contributed by atoms with van der Waals surface area (Å²) in [5.41, 5.74) is 0.824. The molecule has 0 radical (unpaired) electrons. The SMILES string of the molecule is CCCCOc1ccc(NC(=O)CN2CCN(CC)CC2)cc1.[Cl-]. The number of halogens is 1. The van der Waals surface area contributed by atoms with Crippen molar-refractivity contribution in [3.05, 3.63) is 24.3 Å². The third-order valence-corrected chi connectivity index (χ3v) is 4.18. The molecule has 6 heteroatoms. The number of piperazine rings is 1. The Morgan fingerprint density at radius 2 is 1.71 bits per heavy atom. The number of hydrogen-bond acceptors (Lipinski definition) is 4. The predicted molar refractivity (Wildman–Crippen MR) is 94.0 cm³/mol. The molecule has 1 amide bonds. The van der Waals surface area contributed by atoms with Crippen LogP contribution in [-0.2, 0) is 4.79 Å². The van der Waals surface area contributed by atoms with Gasteiger partial charge in [0, 0.05) is 31.9 Å². The monoisotopic (exact) mass is 354 g/mol. The van der Waals surface area contributed by atoms with E-state index in [-0.39, 0.29) is 18.3 Å². The number of likely N-dealkylation sites (N-methyl/N-ethyl adjacent to an activating group) is 1. The van der Waals surface area contributed by atoms with Crippen molar-refractivity contribution in [2.24, 2.45) is 0 Å². The Balaban J connectivity index is 0.00000288. The Bertz CT molecular complexity index is 474. The molecular weight excluding hydrogens is 326 g/mol. The van der Waals surface area contributed by atoms with Gasteiger partial charge in [0.1, 0.15) is 5.75 Å². The standard InChI is InChI=1S/C18H29N3O2.ClH/c1-3-5-14-23-17-8-6-16(7-9-17)19-18(22)15-21-12-10-20(4-2)11-13-21;/h6-9H,3-5,10-15H2,1-2H3,(H,19,22);1H/p-1. The van der Waals surface area contributed by atoms with E-state index in [0.29, 0.717) is 6.54 Å². The number of ether oxygens (including phenoxy) is 1. The van der Waals surface area contributed by atoms with Crippen LogP contribution in [0, 0.1) is 0 Å². The Labute approximate surface area is 151 Å². The summed E-state index contributed by atoms with van der Waals surface area (Å²) in [6.07, 6.45) is 2.18. The Kier molecular flexibility index (Phi) is 9.76. The number of benzene rings is 1. The maximum absolute atomic E-state index is 12.1. The predicted octanol–water partition coefficient (Wildman–Crippen LogP) is -0.554. The molecule has 0 unspecified atom stereocenters. The van der Waals surface area contributed by atoms with Crippen LogP contribution in [0.4, 0.5) is 5.69 Å². The molecule has 1 aliphatic heterocycles. The maximum atomic E-state index is 12.1. The third-order valence-electron chi connectivity index (χ3n) is 4.18. The topological polar surface area (TPSA) is 44.8 Å². The van der Waals surface area contributed by atoms with Crippen molar-refractivity contribution in [2.45, 2.75) is 26.7 Å². The van der Waals surface area contributed by atoms with E-state index < -0.39 is 0 Å². The van der Waals surface area contributed by atoms with Gasteiger partial charge in [0.05, 0.1) is 13.2 Å². The van der Waals surface area contributed by atoms with E-state index in [1.807, 2.05) is 24.3 Å². The van der Waals surface area contributed by atoms with Gasteiger partial charge in [-0.25, -0.2) is 0 Å². The van der Waals surface area contributed by atoms with Crippen molar-refractivity contribution in [3.63, 3.8) is 0 Å². The van der Waals surface area contributed by atoms with Gasteiger partial charge < -0.3 is 27.4 Å². The summed E-state index contributed by atoms with van der Waals surface area (Å²) in [5, 5.41) is 2.96. The van der Waals surface area contributed by atoms with Gasteiger partial charge >= 0.3 is 0 Å². The van der Waals surface area contributed by atoms with Gasteiger partial charge in [0.2, 0.25) is 5.91 Å². The highest BCUT2D eigenvalue weighted by Crippen LogP contribution is 2.16. The molecule has 1 saturated heterocycles. The fourth-order valence-electron chi connectivity index (χ4n) is 2.64. The van der Waals surface area contributed by atoms with Crippen LogP contribution in [0.2, 0.25) is 0 Å². The first-order chi connectivity index (χ1) is 11.2. The second-order valence-corrected chi connectivity index (χ2v) is 5.98. The van der Waals surface area contributed by atoms with Gasteiger partial charge in [-0.05, 0) is 37.2 Å². The molecule has 1 aliphatic rings. The minimum absolute atomic E-state index is 0. The van der Waals surface area contributed by atoms with Crippen molar-refractivity contribution in [3.8, 4) is 5.75 Å². The fourth-order valence-corrected chi connectivity index (χ4v) is 2.64. The number of amides is 1. The number of rotatable bonds is 8. The second kappa shape index (κ2) is 11.3. The maximum Gasteiger partial charge on any atom is 0.238 e. The van der Waals surface area contributed by atoms with E-state index in [9.17, 15) is 4.79 Å². The van der Waals surface area contributed by atoms with Gasteiger partial charge in [-0.3, -0.25) is 9.69 Å². The van der Waals surface area contributed by atoms with Crippen molar-refractivity contribution in [2.75, 3.05) is 51.2 Å². The number of carbonyl (C=O) groups excluding carboxylic acids is 1. The van der Waals surface area contributed by atoms with E-state index in [1.165, 1.54) is 0 Å². The molecule has 1 aromatic carbocycles. The summed E-state index contributed by atoms with van der Waals surface area (Å²) in [4.78, 5) is 16.8. The lowest BCUT2D eigenvalue weighted by Crippen LogP contribution is -3.00. The zero-order valence-electron chi connectivity index (χ0n) is 14.8. The van der Waals surface area contributed by atoms with Gasteiger partial charge in [-0.1, -0.05) is 20.3 Å². The number of carbonyl (C=O) groups is 1. The molecule has 5 nitrogen and oxygen atoms in total. The molecule has 0 aliphatic carbocycles. The highest BCUT2D eigenvalue weighted by molar-refractivity contribution is 5.92. The summed E-state index contributed by atoms with van der Waals surface area (Å²) in [6.45, 7) is 10.6. The van der Waals surface area contributed by atoms with Crippen LogP contribution in [0.15, 0.2) is 24.3 Å². The van der Waals surface area contributed by atoms with Gasteiger partial charge in [-0.15, -0.1) is 0 Å². The second-order valence-electron chi connectivity index (χ2n) is 5.98. The lowest BCUT2D eigenvalue weighted by atomic mass is 10.3. The Morgan fingerprint density at radius 3 is 2.29 bits per heavy atom. The van der Waals surface area contributed by atoms with Gasteiger partial charge in [0.25, 0.3) is 0 Å². The van der Waals surface area contributed by atoms with Crippen LogP contribution in [0.1, 0.15) is 26.7 Å². The highest BCUT2D eigenvalue weighted by atomic mass is 35.5. The molecule has 0 saturated carbocycles. The average Bonchev–Trinajstić information content (AvgIpc) is 2.57. The van der Waals surface area contributed by atoms with Crippen molar-refractivity contribution < 1.29 is 21.9 Å². The van der Waals surface area contributed by atoms with Gasteiger partial charge in [0.15, 0.2) is 0 Å². The van der Waals surface area contributed by atoms with E-state index in [1.54, 1.807) is 0 Å². The van der Waals surface area contributed by atoms with E-state index in [2.05, 4.69) is 29.0 Å².